The van der Waals surface area contributed by atoms with Gasteiger partial charge in [0.25, 0.3) is 0 Å². The van der Waals surface area contributed by atoms with Crippen molar-refractivity contribution in [1.82, 2.24) is 0 Å². The third-order valence-electron chi connectivity index (χ3n) is 2.34. The first-order valence-corrected chi connectivity index (χ1v) is 5.94. The number of halogens is 1. The molecule has 0 rings (SSSR count). The van der Waals surface area contributed by atoms with Crippen LogP contribution in [0.3, 0.4) is 0 Å². The number of Topliss-reactive ketones (excluding diaryl/α,β-unsaturated/α-hetero) is 1. The summed E-state index contributed by atoms with van der Waals surface area (Å²) in [5, 5.41) is -0.502. The summed E-state index contributed by atoms with van der Waals surface area (Å²) in [6, 6.07) is 0. The van der Waals surface area contributed by atoms with E-state index >= 15 is 0 Å². The van der Waals surface area contributed by atoms with Crippen LogP contribution < -0.4 is 0 Å². The molecule has 0 aromatic carbocycles. The Kier molecular flexibility index (Phi) is 6.82. The summed E-state index contributed by atoms with van der Waals surface area (Å²) in [6.07, 6.45) is 1.87. The van der Waals surface area contributed by atoms with Crippen molar-refractivity contribution in [3.63, 3.8) is 0 Å². The molecule has 0 amide bonds. The zero-order valence-corrected chi connectivity index (χ0v) is 10.8. The molecule has 15 heavy (non-hydrogen) atoms. The van der Waals surface area contributed by atoms with E-state index in [9.17, 15) is 9.59 Å². The molecule has 0 aromatic rings. The number of carbonyl (C=O) groups excluding carboxylic acids is 2. The van der Waals surface area contributed by atoms with Crippen LogP contribution in [0.1, 0.15) is 47.0 Å². The Hall–Kier alpha value is -0.370. The number of ketones is 1. The van der Waals surface area contributed by atoms with Crippen molar-refractivity contribution >= 4 is 22.6 Å². The second-order valence-electron chi connectivity index (χ2n) is 4.89. The molecule has 0 aliphatic heterocycles. The Morgan fingerprint density at radius 3 is 1.93 bits per heavy atom. The van der Waals surface area contributed by atoms with Gasteiger partial charge >= 0.3 is 0 Å². The average Bonchev–Trinajstić information content (AvgIpc) is 2.09. The van der Waals surface area contributed by atoms with Crippen molar-refractivity contribution in [2.75, 3.05) is 0 Å². The average molecular weight is 233 g/mol. The molecule has 0 saturated heterocycles. The molecule has 1 atom stereocenters. The van der Waals surface area contributed by atoms with Gasteiger partial charge < -0.3 is 0 Å². The summed E-state index contributed by atoms with van der Waals surface area (Å²) in [5.74, 6) is 0.211. The Bertz CT molecular complexity index is 222. The van der Waals surface area contributed by atoms with Crippen LogP contribution in [0.25, 0.3) is 0 Å². The van der Waals surface area contributed by atoms with Gasteiger partial charge in [-0.15, -0.1) is 0 Å². The lowest BCUT2D eigenvalue weighted by Gasteiger charge is -2.14. The maximum Gasteiger partial charge on any atom is 0.232 e. The summed E-state index contributed by atoms with van der Waals surface area (Å²) in [5.41, 5.74) is 0. The highest BCUT2D eigenvalue weighted by Crippen LogP contribution is 2.19. The van der Waals surface area contributed by atoms with Gasteiger partial charge in [0, 0.05) is 6.42 Å². The van der Waals surface area contributed by atoms with Gasteiger partial charge in [-0.2, -0.15) is 0 Å². The number of hydrogen-bond acceptors (Lipinski definition) is 2. The van der Waals surface area contributed by atoms with E-state index in [0.717, 1.165) is 6.42 Å². The molecule has 0 radical (unpaired) electrons. The van der Waals surface area contributed by atoms with Gasteiger partial charge in [-0.3, -0.25) is 9.59 Å². The van der Waals surface area contributed by atoms with E-state index in [1.54, 1.807) is 0 Å². The van der Waals surface area contributed by atoms with Gasteiger partial charge in [-0.1, -0.05) is 27.7 Å². The number of carbonyl (C=O) groups is 2. The minimum absolute atomic E-state index is 0.00241. The van der Waals surface area contributed by atoms with Crippen molar-refractivity contribution < 1.29 is 9.59 Å². The molecule has 0 bridgehead atoms. The monoisotopic (exact) mass is 232 g/mol. The van der Waals surface area contributed by atoms with E-state index in [1.165, 1.54) is 0 Å². The van der Waals surface area contributed by atoms with Crippen LogP contribution in [0, 0.1) is 17.8 Å². The van der Waals surface area contributed by atoms with Crippen LogP contribution in [-0.4, -0.2) is 11.0 Å². The summed E-state index contributed by atoms with van der Waals surface area (Å²) in [4.78, 5) is 22.8. The predicted molar refractivity (Wildman–Crippen MR) is 62.9 cm³/mol. The van der Waals surface area contributed by atoms with Crippen molar-refractivity contribution in [3.8, 4) is 0 Å². The first kappa shape index (κ1) is 14.6. The lowest BCUT2D eigenvalue weighted by molar-refractivity contribution is -0.129. The van der Waals surface area contributed by atoms with E-state index < -0.39 is 11.2 Å². The van der Waals surface area contributed by atoms with Crippen molar-refractivity contribution in [3.05, 3.63) is 0 Å². The molecular formula is C12H21ClO2. The molecule has 0 heterocycles. The van der Waals surface area contributed by atoms with Crippen LogP contribution in [0.15, 0.2) is 0 Å². The highest BCUT2D eigenvalue weighted by molar-refractivity contribution is 6.65. The first-order chi connectivity index (χ1) is 6.84. The third kappa shape index (κ3) is 6.67. The second-order valence-corrected chi connectivity index (χ2v) is 5.26. The molecular weight excluding hydrogens is 212 g/mol. The SMILES string of the molecule is CC(C)CCC(=O)C(CC(C)C)C(=O)Cl. The Labute approximate surface area is 97.4 Å². The van der Waals surface area contributed by atoms with Gasteiger partial charge in [0.2, 0.25) is 5.24 Å². The molecule has 1 unspecified atom stereocenters. The zero-order chi connectivity index (χ0) is 12.0. The predicted octanol–water partition coefficient (Wildman–Crippen LogP) is 3.42. The quantitative estimate of drug-likeness (QED) is 0.498. The third-order valence-corrected chi connectivity index (χ3v) is 2.60. The van der Waals surface area contributed by atoms with E-state index in [-0.39, 0.29) is 5.78 Å². The van der Waals surface area contributed by atoms with Crippen molar-refractivity contribution in [2.45, 2.75) is 47.0 Å². The van der Waals surface area contributed by atoms with E-state index in [4.69, 9.17) is 11.6 Å². The summed E-state index contributed by atoms with van der Waals surface area (Å²) in [7, 11) is 0. The van der Waals surface area contributed by atoms with Gasteiger partial charge in [-0.25, -0.2) is 0 Å². The maximum absolute atomic E-state index is 11.7. The first-order valence-electron chi connectivity index (χ1n) is 5.56. The fourth-order valence-electron chi connectivity index (χ4n) is 1.43. The van der Waals surface area contributed by atoms with Crippen molar-refractivity contribution in [2.24, 2.45) is 17.8 Å². The van der Waals surface area contributed by atoms with Crippen LogP contribution in [-0.2, 0) is 9.59 Å². The van der Waals surface area contributed by atoms with E-state index in [0.29, 0.717) is 24.7 Å². The zero-order valence-electron chi connectivity index (χ0n) is 10.0. The van der Waals surface area contributed by atoms with Gasteiger partial charge in [0.1, 0.15) is 5.78 Å². The fraction of sp³-hybridized carbons (Fsp3) is 0.833. The Balaban J connectivity index is 4.23. The molecule has 0 spiro atoms. The minimum atomic E-state index is -0.592. The molecule has 3 heteroatoms. The highest BCUT2D eigenvalue weighted by atomic mass is 35.5. The molecule has 0 fully saturated rings. The normalized spacial score (nSPS) is 13.3. The molecule has 2 nitrogen and oxygen atoms in total. The molecule has 0 saturated carbocycles. The lowest BCUT2D eigenvalue weighted by Crippen LogP contribution is -2.22. The fourth-order valence-corrected chi connectivity index (χ4v) is 1.64. The van der Waals surface area contributed by atoms with Gasteiger partial charge in [-0.05, 0) is 36.3 Å². The summed E-state index contributed by atoms with van der Waals surface area (Å²) in [6.45, 7) is 8.10. The molecule has 88 valence electrons. The standard InChI is InChI=1S/C12H21ClO2/c1-8(2)5-6-11(14)10(12(13)15)7-9(3)4/h8-10H,5-7H2,1-4H3. The highest BCUT2D eigenvalue weighted by Gasteiger charge is 2.25. The second kappa shape index (κ2) is 7.00. The molecule has 0 N–H and O–H groups in total. The van der Waals surface area contributed by atoms with Gasteiger partial charge in [0.15, 0.2) is 0 Å². The lowest BCUT2D eigenvalue weighted by atomic mass is 9.91. The van der Waals surface area contributed by atoms with Crippen molar-refractivity contribution in [1.29, 1.82) is 0 Å². The minimum Gasteiger partial charge on any atom is -0.299 e. The summed E-state index contributed by atoms with van der Waals surface area (Å²) >= 11 is 5.44. The molecule has 0 aliphatic rings. The van der Waals surface area contributed by atoms with Crippen LogP contribution in [0.4, 0.5) is 0 Å². The Morgan fingerprint density at radius 1 is 1.07 bits per heavy atom. The van der Waals surface area contributed by atoms with E-state index in [2.05, 4.69) is 13.8 Å². The molecule has 0 aromatic heterocycles. The smallest absolute Gasteiger partial charge is 0.232 e. The number of hydrogen-bond donors (Lipinski definition) is 0. The number of rotatable bonds is 7. The molecule has 0 aliphatic carbocycles. The Morgan fingerprint density at radius 2 is 1.60 bits per heavy atom. The summed E-state index contributed by atoms with van der Waals surface area (Å²) < 4.78 is 0. The van der Waals surface area contributed by atoms with Crippen LogP contribution in [0.2, 0.25) is 0 Å². The van der Waals surface area contributed by atoms with Crippen LogP contribution >= 0.6 is 11.6 Å². The topological polar surface area (TPSA) is 34.1 Å². The van der Waals surface area contributed by atoms with E-state index in [1.807, 2.05) is 13.8 Å². The largest absolute Gasteiger partial charge is 0.299 e. The van der Waals surface area contributed by atoms with Gasteiger partial charge in [0.05, 0.1) is 5.92 Å². The van der Waals surface area contributed by atoms with Crippen LogP contribution in [0.5, 0.6) is 0 Å². The maximum atomic E-state index is 11.7.